The molecular weight excluding hydrogens is 306 g/mol. The van der Waals surface area contributed by atoms with Crippen molar-refractivity contribution in [1.82, 2.24) is 4.98 Å². The van der Waals surface area contributed by atoms with Crippen LogP contribution in [0.3, 0.4) is 0 Å². The fraction of sp³-hybridized carbons (Fsp3) is 0.435. The molecule has 25 heavy (non-hydrogen) atoms. The third-order valence-corrected chi connectivity index (χ3v) is 4.66. The number of methoxy groups -OCH3 is 1. The molecule has 0 radical (unpaired) electrons. The Morgan fingerprint density at radius 1 is 1.08 bits per heavy atom. The fourth-order valence-electron chi connectivity index (χ4n) is 3.42. The molecule has 1 aromatic carbocycles. The van der Waals surface area contributed by atoms with Crippen molar-refractivity contribution < 1.29 is 4.74 Å². The van der Waals surface area contributed by atoms with E-state index in [-0.39, 0.29) is 0 Å². The molecule has 2 rings (SSSR count). The van der Waals surface area contributed by atoms with Crippen molar-refractivity contribution >= 4 is 5.57 Å². The lowest BCUT2D eigenvalue weighted by Gasteiger charge is -2.16. The van der Waals surface area contributed by atoms with Crippen LogP contribution in [0.15, 0.2) is 36.5 Å². The first-order valence-corrected chi connectivity index (χ1v) is 9.54. The molecule has 0 fully saturated rings. The predicted octanol–water partition coefficient (Wildman–Crippen LogP) is 6.48. The molecule has 0 saturated carbocycles. The van der Waals surface area contributed by atoms with Crippen LogP contribution in [-0.2, 0) is 12.8 Å². The van der Waals surface area contributed by atoms with Gasteiger partial charge in [-0.3, -0.25) is 4.98 Å². The number of nitrogens with zero attached hydrogens (tertiary/aromatic N) is 1. The average Bonchev–Trinajstić information content (AvgIpc) is 2.66. The smallest absolute Gasteiger partial charge is 0.130 e. The molecule has 0 aliphatic heterocycles. The summed E-state index contributed by atoms with van der Waals surface area (Å²) in [5.74, 6) is 0.922. The minimum absolute atomic E-state index is 0.922. The maximum Gasteiger partial charge on any atom is 0.130 e. The highest BCUT2D eigenvalue weighted by Crippen LogP contribution is 2.34. The van der Waals surface area contributed by atoms with Gasteiger partial charge in [-0.05, 0) is 42.4 Å². The maximum absolute atomic E-state index is 5.75. The number of benzene rings is 1. The van der Waals surface area contributed by atoms with E-state index in [0.29, 0.717) is 0 Å². The van der Waals surface area contributed by atoms with Crippen LogP contribution >= 0.6 is 0 Å². The Kier molecular flexibility index (Phi) is 7.24. The minimum atomic E-state index is 0.922. The highest BCUT2D eigenvalue weighted by atomic mass is 16.5. The zero-order chi connectivity index (χ0) is 18.2. The third-order valence-electron chi connectivity index (χ3n) is 4.66. The predicted molar refractivity (Wildman–Crippen MR) is 108 cm³/mol. The maximum atomic E-state index is 5.75. The molecule has 0 aliphatic carbocycles. The lowest BCUT2D eigenvalue weighted by atomic mass is 9.93. The van der Waals surface area contributed by atoms with Gasteiger partial charge in [0.1, 0.15) is 5.75 Å². The van der Waals surface area contributed by atoms with Crippen molar-refractivity contribution in [2.75, 3.05) is 7.11 Å². The molecule has 1 heterocycles. The zero-order valence-corrected chi connectivity index (χ0v) is 16.4. The first-order chi connectivity index (χ1) is 12.2. The van der Waals surface area contributed by atoms with E-state index in [2.05, 4.69) is 58.0 Å². The van der Waals surface area contributed by atoms with Gasteiger partial charge in [-0.15, -0.1) is 0 Å². The number of allylic oxidation sites excluding steroid dienone is 2. The number of pyridine rings is 1. The first kappa shape index (κ1) is 19.2. The summed E-state index contributed by atoms with van der Waals surface area (Å²) in [5, 5.41) is 0. The van der Waals surface area contributed by atoms with Gasteiger partial charge in [-0.1, -0.05) is 58.4 Å². The van der Waals surface area contributed by atoms with Crippen LogP contribution in [0.4, 0.5) is 0 Å². The summed E-state index contributed by atoms with van der Waals surface area (Å²) in [6.45, 7) is 8.79. The Labute approximate surface area is 153 Å². The Balaban J connectivity index is 2.59. The topological polar surface area (TPSA) is 22.1 Å². The monoisotopic (exact) mass is 337 g/mol. The summed E-state index contributed by atoms with van der Waals surface area (Å²) in [6, 6.07) is 8.67. The van der Waals surface area contributed by atoms with Crippen molar-refractivity contribution in [3.63, 3.8) is 0 Å². The highest BCUT2D eigenvalue weighted by molar-refractivity contribution is 5.75. The molecule has 0 unspecified atom stereocenters. The number of rotatable bonds is 8. The molecule has 0 atom stereocenters. The molecule has 0 N–H and O–H groups in total. The lowest BCUT2D eigenvalue weighted by molar-refractivity contribution is 0.413. The van der Waals surface area contributed by atoms with Crippen molar-refractivity contribution in [2.45, 2.75) is 59.8 Å². The van der Waals surface area contributed by atoms with Crippen molar-refractivity contribution in [2.24, 2.45) is 0 Å². The molecule has 1 aromatic heterocycles. The van der Waals surface area contributed by atoms with Gasteiger partial charge >= 0.3 is 0 Å². The van der Waals surface area contributed by atoms with Crippen LogP contribution in [0.25, 0.3) is 16.8 Å². The van der Waals surface area contributed by atoms with E-state index in [4.69, 9.17) is 9.72 Å². The summed E-state index contributed by atoms with van der Waals surface area (Å²) in [4.78, 5) is 4.84. The summed E-state index contributed by atoms with van der Waals surface area (Å²) >= 11 is 0. The summed E-state index contributed by atoms with van der Waals surface area (Å²) in [5.41, 5.74) is 7.44. The largest absolute Gasteiger partial charge is 0.496 e. The number of hydrogen-bond donors (Lipinski definition) is 0. The van der Waals surface area contributed by atoms with E-state index in [0.717, 1.165) is 49.1 Å². The molecule has 0 amide bonds. The molecule has 2 nitrogen and oxygen atoms in total. The van der Waals surface area contributed by atoms with Crippen LogP contribution in [-0.4, -0.2) is 12.1 Å². The van der Waals surface area contributed by atoms with E-state index >= 15 is 0 Å². The van der Waals surface area contributed by atoms with Crippen molar-refractivity contribution in [1.29, 1.82) is 0 Å². The van der Waals surface area contributed by atoms with Gasteiger partial charge in [0.2, 0.25) is 0 Å². The standard InChI is InChI=1S/C23H31NO/c1-6-11-19(12-7-2)20-16-24-21(15-22(20)25-5)23-17(8-3)13-10-14-18(23)9-4/h10-11,13-16H,6-9,12H2,1-5H3/b19-11-. The minimum Gasteiger partial charge on any atom is -0.496 e. The molecular formula is C23H31NO. The quantitative estimate of drug-likeness (QED) is 0.550. The van der Waals surface area contributed by atoms with Gasteiger partial charge in [-0.2, -0.15) is 0 Å². The second kappa shape index (κ2) is 9.41. The Morgan fingerprint density at radius 3 is 2.28 bits per heavy atom. The summed E-state index contributed by atoms with van der Waals surface area (Å²) in [6.07, 6.45) is 9.50. The van der Waals surface area contributed by atoms with Crippen LogP contribution in [0.2, 0.25) is 0 Å². The van der Waals surface area contributed by atoms with E-state index in [1.807, 2.05) is 6.20 Å². The molecule has 0 bridgehead atoms. The van der Waals surface area contributed by atoms with Gasteiger partial charge < -0.3 is 4.74 Å². The Morgan fingerprint density at radius 2 is 1.76 bits per heavy atom. The molecule has 0 aliphatic rings. The second-order valence-corrected chi connectivity index (χ2v) is 6.32. The van der Waals surface area contributed by atoms with Gasteiger partial charge in [0.15, 0.2) is 0 Å². The fourth-order valence-corrected chi connectivity index (χ4v) is 3.42. The van der Waals surface area contributed by atoms with Crippen LogP contribution in [0.1, 0.15) is 63.6 Å². The van der Waals surface area contributed by atoms with E-state index < -0.39 is 0 Å². The second-order valence-electron chi connectivity index (χ2n) is 6.32. The number of hydrogen-bond acceptors (Lipinski definition) is 2. The Bertz CT molecular complexity index is 709. The highest BCUT2D eigenvalue weighted by Gasteiger charge is 2.15. The third kappa shape index (κ3) is 4.31. The zero-order valence-electron chi connectivity index (χ0n) is 16.4. The van der Waals surface area contributed by atoms with E-state index in [1.54, 1.807) is 7.11 Å². The van der Waals surface area contributed by atoms with E-state index in [9.17, 15) is 0 Å². The summed E-state index contributed by atoms with van der Waals surface area (Å²) < 4.78 is 5.75. The number of aryl methyl sites for hydroxylation is 2. The van der Waals surface area contributed by atoms with Gasteiger partial charge in [-0.25, -0.2) is 0 Å². The SMILES string of the molecule is CC/C=C(/CCC)c1cnc(-c2c(CC)cccc2CC)cc1OC. The van der Waals surface area contributed by atoms with Crippen molar-refractivity contribution in [3.05, 3.63) is 53.2 Å². The van der Waals surface area contributed by atoms with Crippen LogP contribution in [0.5, 0.6) is 5.75 Å². The van der Waals surface area contributed by atoms with Crippen molar-refractivity contribution in [3.8, 4) is 17.0 Å². The molecule has 0 saturated heterocycles. The Hall–Kier alpha value is -2.09. The summed E-state index contributed by atoms with van der Waals surface area (Å²) in [7, 11) is 1.75. The molecule has 0 spiro atoms. The van der Waals surface area contributed by atoms with Gasteiger partial charge in [0.25, 0.3) is 0 Å². The lowest BCUT2D eigenvalue weighted by Crippen LogP contribution is -1.99. The van der Waals surface area contributed by atoms with Gasteiger partial charge in [0, 0.05) is 23.4 Å². The first-order valence-electron chi connectivity index (χ1n) is 9.54. The molecule has 134 valence electrons. The number of aromatic nitrogens is 1. The number of ether oxygens (including phenoxy) is 1. The normalized spacial score (nSPS) is 11.6. The van der Waals surface area contributed by atoms with Gasteiger partial charge in [0.05, 0.1) is 12.8 Å². The molecule has 2 aromatic rings. The molecule has 2 heteroatoms. The van der Waals surface area contributed by atoms with Crippen LogP contribution in [0, 0.1) is 0 Å². The average molecular weight is 338 g/mol. The van der Waals surface area contributed by atoms with E-state index in [1.165, 1.54) is 22.3 Å². The van der Waals surface area contributed by atoms with Crippen LogP contribution < -0.4 is 4.74 Å².